The van der Waals surface area contributed by atoms with Gasteiger partial charge >= 0.3 is 0 Å². The zero-order valence-corrected chi connectivity index (χ0v) is 12.9. The molecule has 1 aliphatic rings. The van der Waals surface area contributed by atoms with E-state index in [1.807, 2.05) is 18.2 Å². The van der Waals surface area contributed by atoms with Crippen LogP contribution in [0.3, 0.4) is 0 Å². The van der Waals surface area contributed by atoms with E-state index in [4.69, 9.17) is 9.72 Å². The van der Waals surface area contributed by atoms with Crippen molar-refractivity contribution >= 4 is 22.7 Å². The predicted molar refractivity (Wildman–Crippen MR) is 85.9 cm³/mol. The largest absolute Gasteiger partial charge is 0.372 e. The molecule has 0 atom stereocenters. The summed E-state index contributed by atoms with van der Waals surface area (Å²) in [5, 5.41) is 4.31. The molecular formula is C16H22N4O. The van der Waals surface area contributed by atoms with Crippen LogP contribution >= 0.6 is 0 Å². The van der Waals surface area contributed by atoms with Crippen LogP contribution in [0.15, 0.2) is 24.3 Å². The second-order valence-electron chi connectivity index (χ2n) is 5.95. The normalized spacial score (nSPS) is 18.0. The molecule has 0 spiro atoms. The lowest BCUT2D eigenvalue weighted by molar-refractivity contribution is -0.0278. The van der Waals surface area contributed by atoms with Crippen LogP contribution in [0.5, 0.6) is 0 Å². The molecule has 3 rings (SSSR count). The Hall–Kier alpha value is -1.88. The van der Waals surface area contributed by atoms with Gasteiger partial charge in [0.1, 0.15) is 5.82 Å². The predicted octanol–water partition coefficient (Wildman–Crippen LogP) is 2.68. The maximum Gasteiger partial charge on any atom is 0.225 e. The topological polar surface area (TPSA) is 50.3 Å². The average molecular weight is 286 g/mol. The molecule has 2 heterocycles. The number of aromatic nitrogens is 2. The van der Waals surface area contributed by atoms with Gasteiger partial charge in [0.05, 0.1) is 17.7 Å². The van der Waals surface area contributed by atoms with Crippen LogP contribution < -0.4 is 10.2 Å². The van der Waals surface area contributed by atoms with Crippen molar-refractivity contribution in [3.05, 3.63) is 24.3 Å². The van der Waals surface area contributed by atoms with E-state index in [2.05, 4.69) is 42.0 Å². The number of ether oxygens (including phenoxy) is 1. The van der Waals surface area contributed by atoms with E-state index in [0.717, 1.165) is 43.0 Å². The molecule has 5 nitrogen and oxygen atoms in total. The van der Waals surface area contributed by atoms with Crippen LogP contribution in [0.4, 0.5) is 11.8 Å². The van der Waals surface area contributed by atoms with Crippen LogP contribution in [0.1, 0.15) is 20.8 Å². The molecule has 0 amide bonds. The third kappa shape index (κ3) is 2.93. The van der Waals surface area contributed by atoms with Gasteiger partial charge in [0.2, 0.25) is 5.95 Å². The maximum absolute atomic E-state index is 5.81. The molecule has 5 heteroatoms. The molecule has 0 unspecified atom stereocenters. The van der Waals surface area contributed by atoms with Crippen molar-refractivity contribution in [2.45, 2.75) is 26.4 Å². The summed E-state index contributed by atoms with van der Waals surface area (Å²) >= 11 is 0. The number of morpholine rings is 1. The Morgan fingerprint density at radius 2 is 2.10 bits per heavy atom. The zero-order valence-electron chi connectivity index (χ0n) is 12.9. The van der Waals surface area contributed by atoms with Gasteiger partial charge in [-0.25, -0.2) is 4.98 Å². The Labute approximate surface area is 125 Å². The van der Waals surface area contributed by atoms with E-state index >= 15 is 0 Å². The lowest BCUT2D eigenvalue weighted by atomic mass is 10.1. The number of nitrogens with zero attached hydrogens (tertiary/aromatic N) is 3. The van der Waals surface area contributed by atoms with Crippen LogP contribution in [-0.4, -0.2) is 41.8 Å². The second kappa shape index (κ2) is 5.48. The van der Waals surface area contributed by atoms with Crippen LogP contribution in [0.2, 0.25) is 0 Å². The number of hydrogen-bond donors (Lipinski definition) is 1. The van der Waals surface area contributed by atoms with Gasteiger partial charge in [-0.15, -0.1) is 0 Å². The van der Waals surface area contributed by atoms with Gasteiger partial charge < -0.3 is 15.0 Å². The standard InChI is InChI=1S/C16H22N4O/c1-4-17-15-18-13-8-6-5-7-12(13)14(19-15)20-9-10-21-16(2,3)11-20/h5-8H,4,9-11H2,1-3H3,(H,17,18,19). The lowest BCUT2D eigenvalue weighted by Crippen LogP contribution is -2.48. The fraction of sp³-hybridized carbons (Fsp3) is 0.500. The van der Waals surface area contributed by atoms with Gasteiger partial charge in [-0.1, -0.05) is 12.1 Å². The number of hydrogen-bond acceptors (Lipinski definition) is 5. The number of benzene rings is 1. The molecule has 1 aromatic heterocycles. The minimum atomic E-state index is -0.150. The third-order valence-electron chi connectivity index (χ3n) is 3.64. The molecule has 0 bridgehead atoms. The van der Waals surface area contributed by atoms with Crippen molar-refractivity contribution in [1.82, 2.24) is 9.97 Å². The number of anilines is 2. The Morgan fingerprint density at radius 3 is 2.86 bits per heavy atom. The highest BCUT2D eigenvalue weighted by atomic mass is 16.5. The third-order valence-corrected chi connectivity index (χ3v) is 3.64. The summed E-state index contributed by atoms with van der Waals surface area (Å²) in [5.41, 5.74) is 0.825. The highest BCUT2D eigenvalue weighted by Gasteiger charge is 2.29. The summed E-state index contributed by atoms with van der Waals surface area (Å²) in [7, 11) is 0. The van der Waals surface area contributed by atoms with Crippen molar-refractivity contribution in [2.75, 3.05) is 36.5 Å². The van der Waals surface area contributed by atoms with Crippen molar-refractivity contribution < 1.29 is 4.74 Å². The molecule has 2 aromatic rings. The Kier molecular flexibility index (Phi) is 3.68. The SMILES string of the molecule is CCNc1nc(N2CCOC(C)(C)C2)c2ccccc2n1. The Bertz CT molecular complexity index is 641. The monoisotopic (exact) mass is 286 g/mol. The highest BCUT2D eigenvalue weighted by Crippen LogP contribution is 2.28. The molecule has 0 aliphatic carbocycles. The molecule has 0 saturated carbocycles. The summed E-state index contributed by atoms with van der Waals surface area (Å²) < 4.78 is 5.81. The Balaban J connectivity index is 2.07. The fourth-order valence-corrected chi connectivity index (χ4v) is 2.74. The molecular weight excluding hydrogens is 264 g/mol. The average Bonchev–Trinajstić information content (AvgIpc) is 2.46. The first kappa shape index (κ1) is 14.1. The minimum absolute atomic E-state index is 0.150. The second-order valence-corrected chi connectivity index (χ2v) is 5.95. The van der Waals surface area contributed by atoms with E-state index in [0.29, 0.717) is 5.95 Å². The summed E-state index contributed by atoms with van der Waals surface area (Å²) in [5.74, 6) is 1.68. The van der Waals surface area contributed by atoms with Crippen LogP contribution in [0.25, 0.3) is 10.9 Å². The van der Waals surface area contributed by atoms with Crippen molar-refractivity contribution in [2.24, 2.45) is 0 Å². The summed E-state index contributed by atoms with van der Waals surface area (Å²) in [6.07, 6.45) is 0. The lowest BCUT2D eigenvalue weighted by Gasteiger charge is -2.39. The quantitative estimate of drug-likeness (QED) is 0.940. The van der Waals surface area contributed by atoms with Crippen LogP contribution in [0, 0.1) is 0 Å². The van der Waals surface area contributed by atoms with E-state index in [1.54, 1.807) is 0 Å². The first-order valence-corrected chi connectivity index (χ1v) is 7.48. The summed E-state index contributed by atoms with van der Waals surface area (Å²) in [4.78, 5) is 11.6. The van der Waals surface area contributed by atoms with E-state index in [9.17, 15) is 0 Å². The van der Waals surface area contributed by atoms with Gasteiger partial charge in [0.15, 0.2) is 0 Å². The van der Waals surface area contributed by atoms with Crippen molar-refractivity contribution in [1.29, 1.82) is 0 Å². The first-order chi connectivity index (χ1) is 10.1. The number of para-hydroxylation sites is 1. The molecule has 112 valence electrons. The van der Waals surface area contributed by atoms with Crippen molar-refractivity contribution in [3.8, 4) is 0 Å². The smallest absolute Gasteiger partial charge is 0.225 e. The van der Waals surface area contributed by atoms with Gasteiger partial charge in [0.25, 0.3) is 0 Å². The van der Waals surface area contributed by atoms with Gasteiger partial charge in [-0.2, -0.15) is 4.98 Å². The number of rotatable bonds is 3. The number of fused-ring (bicyclic) bond motifs is 1. The maximum atomic E-state index is 5.81. The highest BCUT2D eigenvalue weighted by molar-refractivity contribution is 5.90. The molecule has 1 aromatic carbocycles. The van der Waals surface area contributed by atoms with E-state index in [1.165, 1.54) is 0 Å². The van der Waals surface area contributed by atoms with Gasteiger partial charge in [-0.05, 0) is 32.9 Å². The van der Waals surface area contributed by atoms with Crippen LogP contribution in [-0.2, 0) is 4.74 Å². The molecule has 1 saturated heterocycles. The summed E-state index contributed by atoms with van der Waals surface area (Å²) in [6.45, 7) is 9.52. The molecule has 1 fully saturated rings. The minimum Gasteiger partial charge on any atom is -0.372 e. The van der Waals surface area contributed by atoms with Gasteiger partial charge in [0, 0.05) is 25.0 Å². The van der Waals surface area contributed by atoms with Gasteiger partial charge in [-0.3, -0.25) is 0 Å². The van der Waals surface area contributed by atoms with E-state index < -0.39 is 0 Å². The summed E-state index contributed by atoms with van der Waals surface area (Å²) in [6, 6.07) is 8.17. The molecule has 0 radical (unpaired) electrons. The zero-order chi connectivity index (χ0) is 14.9. The first-order valence-electron chi connectivity index (χ1n) is 7.48. The fourth-order valence-electron chi connectivity index (χ4n) is 2.74. The molecule has 1 aliphatic heterocycles. The molecule has 21 heavy (non-hydrogen) atoms. The number of nitrogens with one attached hydrogen (secondary N) is 1. The molecule has 1 N–H and O–H groups in total. The van der Waals surface area contributed by atoms with Crippen molar-refractivity contribution in [3.63, 3.8) is 0 Å². The van der Waals surface area contributed by atoms with E-state index in [-0.39, 0.29) is 5.60 Å². The Morgan fingerprint density at radius 1 is 1.29 bits per heavy atom.